The van der Waals surface area contributed by atoms with E-state index in [1.165, 1.54) is 0 Å². The predicted octanol–water partition coefficient (Wildman–Crippen LogP) is 0.818. The molecule has 1 unspecified atom stereocenters. The van der Waals surface area contributed by atoms with Gasteiger partial charge in [-0.15, -0.1) is 0 Å². The molecule has 0 aromatic heterocycles. The van der Waals surface area contributed by atoms with Crippen LogP contribution >= 0.6 is 0 Å². The van der Waals surface area contributed by atoms with Gasteiger partial charge >= 0.3 is 0 Å². The summed E-state index contributed by atoms with van der Waals surface area (Å²) in [6.45, 7) is 2.51. The molecule has 0 bridgehead atoms. The van der Waals surface area contributed by atoms with Crippen LogP contribution in [0.2, 0.25) is 0 Å². The number of aryl methyl sites for hydroxylation is 1. The Labute approximate surface area is 128 Å². The van der Waals surface area contributed by atoms with E-state index in [-0.39, 0.29) is 30.8 Å². The number of rotatable bonds is 3. The minimum atomic E-state index is -0.278. The normalized spacial score (nSPS) is 21.3. The largest absolute Gasteiger partial charge is 0.396 e. The van der Waals surface area contributed by atoms with Crippen LogP contribution in [-0.2, 0) is 16.0 Å². The molecule has 0 radical (unpaired) electrons. The quantitative estimate of drug-likeness (QED) is 0.867. The Morgan fingerprint density at radius 2 is 2.18 bits per heavy atom. The number of nitrogens with zero attached hydrogens (tertiary/aromatic N) is 2. The summed E-state index contributed by atoms with van der Waals surface area (Å²) in [4.78, 5) is 25.1. The van der Waals surface area contributed by atoms with Gasteiger partial charge in [0, 0.05) is 31.0 Å². The Bertz CT molecular complexity index is 654. The molecule has 116 valence electrons. The van der Waals surface area contributed by atoms with Crippen molar-refractivity contribution < 1.29 is 14.7 Å². The summed E-state index contributed by atoms with van der Waals surface area (Å²) in [7, 11) is 0. The van der Waals surface area contributed by atoms with Crippen molar-refractivity contribution >= 4 is 23.2 Å². The lowest BCUT2D eigenvalue weighted by Crippen LogP contribution is -2.36. The van der Waals surface area contributed by atoms with Gasteiger partial charge < -0.3 is 10.0 Å². The zero-order chi connectivity index (χ0) is 15.7. The molecule has 0 aliphatic carbocycles. The van der Waals surface area contributed by atoms with Gasteiger partial charge in [-0.05, 0) is 36.6 Å². The van der Waals surface area contributed by atoms with Gasteiger partial charge in [0.15, 0.2) is 0 Å². The molecular weight excluding hydrogens is 282 g/mol. The summed E-state index contributed by atoms with van der Waals surface area (Å²) in [6.07, 6.45) is 1.46. The van der Waals surface area contributed by atoms with Crippen molar-refractivity contribution in [2.45, 2.75) is 26.2 Å². The molecule has 2 N–H and O–H groups in total. The molecule has 1 aromatic carbocycles. The second-order valence-corrected chi connectivity index (χ2v) is 5.60. The van der Waals surface area contributed by atoms with E-state index in [4.69, 9.17) is 0 Å². The number of benzene rings is 1. The van der Waals surface area contributed by atoms with E-state index < -0.39 is 0 Å². The summed E-state index contributed by atoms with van der Waals surface area (Å²) < 4.78 is 0. The Kier molecular flexibility index (Phi) is 3.94. The van der Waals surface area contributed by atoms with Crippen LogP contribution in [0.4, 0.5) is 5.69 Å². The number of fused-ring (bicyclic) bond motifs is 1. The number of amides is 2. The lowest BCUT2D eigenvalue weighted by molar-refractivity contribution is -0.122. The number of nitrogens with one attached hydrogen (secondary N) is 1. The van der Waals surface area contributed by atoms with Gasteiger partial charge in [-0.3, -0.25) is 9.59 Å². The molecule has 2 heterocycles. The fraction of sp³-hybridized carbons (Fsp3) is 0.438. The van der Waals surface area contributed by atoms with Crippen molar-refractivity contribution in [1.82, 2.24) is 5.43 Å². The van der Waals surface area contributed by atoms with Crippen molar-refractivity contribution in [1.29, 1.82) is 0 Å². The molecule has 2 aliphatic rings. The number of aliphatic hydroxyl groups is 1. The van der Waals surface area contributed by atoms with Crippen molar-refractivity contribution in [3.8, 4) is 0 Å². The SMILES string of the molecule is CCN1C(=O)CCc2cc(C3=NNC(=O)CC3CO)ccc21. The first-order chi connectivity index (χ1) is 10.6. The topological polar surface area (TPSA) is 82.0 Å². The Hall–Kier alpha value is -2.21. The summed E-state index contributed by atoms with van der Waals surface area (Å²) >= 11 is 0. The van der Waals surface area contributed by atoms with Crippen LogP contribution in [0.15, 0.2) is 23.3 Å². The number of aliphatic hydroxyl groups excluding tert-OH is 1. The minimum Gasteiger partial charge on any atom is -0.396 e. The Morgan fingerprint density at radius 1 is 1.36 bits per heavy atom. The van der Waals surface area contributed by atoms with Gasteiger partial charge in [-0.1, -0.05) is 6.07 Å². The number of hydrogen-bond donors (Lipinski definition) is 2. The fourth-order valence-corrected chi connectivity index (χ4v) is 3.10. The summed E-state index contributed by atoms with van der Waals surface area (Å²) in [5.74, 6) is -0.305. The lowest BCUT2D eigenvalue weighted by Gasteiger charge is -2.29. The third-order valence-electron chi connectivity index (χ3n) is 4.23. The molecule has 2 aliphatic heterocycles. The molecule has 6 heteroatoms. The molecule has 1 atom stereocenters. The maximum Gasteiger partial charge on any atom is 0.240 e. The average Bonchev–Trinajstić information content (AvgIpc) is 2.54. The third-order valence-corrected chi connectivity index (χ3v) is 4.23. The zero-order valence-electron chi connectivity index (χ0n) is 12.5. The number of hydrazone groups is 1. The van der Waals surface area contributed by atoms with E-state index in [1.54, 1.807) is 4.90 Å². The minimum absolute atomic E-state index is 0.108. The maximum absolute atomic E-state index is 11.9. The van der Waals surface area contributed by atoms with Crippen LogP contribution in [-0.4, -0.2) is 35.8 Å². The summed E-state index contributed by atoms with van der Waals surface area (Å²) in [6, 6.07) is 5.85. The smallest absolute Gasteiger partial charge is 0.240 e. The maximum atomic E-state index is 11.9. The number of hydrogen-bond acceptors (Lipinski definition) is 4. The molecule has 1 aromatic rings. The monoisotopic (exact) mass is 301 g/mol. The van der Waals surface area contributed by atoms with E-state index in [0.29, 0.717) is 25.1 Å². The second-order valence-electron chi connectivity index (χ2n) is 5.60. The first-order valence-corrected chi connectivity index (χ1v) is 7.55. The van der Waals surface area contributed by atoms with Gasteiger partial charge in [0.05, 0.1) is 12.3 Å². The average molecular weight is 301 g/mol. The van der Waals surface area contributed by atoms with E-state index in [2.05, 4.69) is 10.5 Å². The highest BCUT2D eigenvalue weighted by molar-refractivity contribution is 6.07. The van der Waals surface area contributed by atoms with Crippen LogP contribution in [0, 0.1) is 5.92 Å². The first kappa shape index (κ1) is 14.7. The molecule has 0 fully saturated rings. The van der Waals surface area contributed by atoms with Crippen molar-refractivity contribution in [2.24, 2.45) is 11.0 Å². The standard InChI is InChI=1S/C16H19N3O3/c1-2-19-13-5-3-11(7-10(13)4-6-15(19)22)16-12(9-20)8-14(21)17-18-16/h3,5,7,12,20H,2,4,6,8-9H2,1H3,(H,17,21). The number of anilines is 1. The van der Waals surface area contributed by atoms with Gasteiger partial charge in [0.2, 0.25) is 11.8 Å². The predicted molar refractivity (Wildman–Crippen MR) is 82.7 cm³/mol. The van der Waals surface area contributed by atoms with Gasteiger partial charge in [0.1, 0.15) is 0 Å². The molecule has 0 saturated heterocycles. The van der Waals surface area contributed by atoms with Crippen LogP contribution < -0.4 is 10.3 Å². The van der Waals surface area contributed by atoms with Crippen molar-refractivity contribution in [2.75, 3.05) is 18.1 Å². The van der Waals surface area contributed by atoms with E-state index in [0.717, 1.165) is 16.8 Å². The molecule has 2 amide bonds. The zero-order valence-corrected chi connectivity index (χ0v) is 12.5. The number of carbonyl (C=O) groups excluding carboxylic acids is 2. The highest BCUT2D eigenvalue weighted by atomic mass is 16.3. The van der Waals surface area contributed by atoms with Gasteiger partial charge in [0.25, 0.3) is 0 Å². The summed E-state index contributed by atoms with van der Waals surface area (Å²) in [5, 5.41) is 13.6. The van der Waals surface area contributed by atoms with Crippen molar-refractivity contribution in [3.05, 3.63) is 29.3 Å². The first-order valence-electron chi connectivity index (χ1n) is 7.55. The molecule has 6 nitrogen and oxygen atoms in total. The molecular formula is C16H19N3O3. The third kappa shape index (κ3) is 2.50. The van der Waals surface area contributed by atoms with Gasteiger partial charge in [-0.2, -0.15) is 5.10 Å². The van der Waals surface area contributed by atoms with Crippen LogP contribution in [0.1, 0.15) is 30.9 Å². The Balaban J connectivity index is 1.97. The molecule has 3 rings (SSSR count). The second kappa shape index (κ2) is 5.88. The number of carbonyl (C=O) groups is 2. The highest BCUT2D eigenvalue weighted by Gasteiger charge is 2.27. The van der Waals surface area contributed by atoms with Crippen LogP contribution in [0.25, 0.3) is 0 Å². The lowest BCUT2D eigenvalue weighted by atomic mass is 9.90. The molecule has 0 saturated carbocycles. The Morgan fingerprint density at radius 3 is 2.91 bits per heavy atom. The molecule has 0 spiro atoms. The van der Waals surface area contributed by atoms with E-state index in [1.807, 2.05) is 25.1 Å². The highest BCUT2D eigenvalue weighted by Crippen LogP contribution is 2.30. The van der Waals surface area contributed by atoms with Crippen LogP contribution in [0.5, 0.6) is 0 Å². The van der Waals surface area contributed by atoms with E-state index >= 15 is 0 Å². The van der Waals surface area contributed by atoms with Crippen LogP contribution in [0.3, 0.4) is 0 Å². The van der Waals surface area contributed by atoms with Crippen molar-refractivity contribution in [3.63, 3.8) is 0 Å². The fourth-order valence-electron chi connectivity index (χ4n) is 3.10. The summed E-state index contributed by atoms with van der Waals surface area (Å²) in [5.41, 5.74) is 6.12. The van der Waals surface area contributed by atoms with E-state index in [9.17, 15) is 14.7 Å². The molecule has 22 heavy (non-hydrogen) atoms. The van der Waals surface area contributed by atoms with Gasteiger partial charge in [-0.25, -0.2) is 5.43 Å².